The maximum Gasteiger partial charge on any atom is 0.137 e. The second kappa shape index (κ2) is 8.16. The molecule has 2 heterocycles. The predicted molar refractivity (Wildman–Crippen MR) is 98.2 cm³/mol. The number of rotatable bonds is 7. The average molecular weight is 385 g/mol. The molecule has 2 unspecified atom stereocenters. The molecule has 1 aliphatic rings. The summed E-state index contributed by atoms with van der Waals surface area (Å²) in [4.78, 5) is 3.95. The first kappa shape index (κ1) is 18.7. The highest BCUT2D eigenvalue weighted by Crippen LogP contribution is 2.41. The van der Waals surface area contributed by atoms with Crippen molar-refractivity contribution >= 4 is 0 Å². The Balaban J connectivity index is 1.49. The fourth-order valence-corrected chi connectivity index (χ4v) is 3.70. The third kappa shape index (κ3) is 4.10. The molecular weight excluding hydrogens is 364 g/mol. The highest BCUT2D eigenvalue weighted by atomic mass is 19.1. The summed E-state index contributed by atoms with van der Waals surface area (Å²) in [5.74, 6) is -1.14. The summed E-state index contributed by atoms with van der Waals surface area (Å²) in [5.41, 5.74) is 0.488. The second-order valence-corrected chi connectivity index (χ2v) is 7.09. The van der Waals surface area contributed by atoms with E-state index in [1.54, 1.807) is 11.0 Å². The van der Waals surface area contributed by atoms with E-state index in [-0.39, 0.29) is 5.92 Å². The first-order valence-electron chi connectivity index (χ1n) is 9.18. The van der Waals surface area contributed by atoms with E-state index in [1.165, 1.54) is 18.5 Å². The number of halogens is 2. The van der Waals surface area contributed by atoms with Gasteiger partial charge < -0.3 is 9.47 Å². The zero-order valence-corrected chi connectivity index (χ0v) is 15.3. The van der Waals surface area contributed by atoms with Gasteiger partial charge in [0.05, 0.1) is 26.4 Å². The Hall–Kier alpha value is -2.64. The summed E-state index contributed by atoms with van der Waals surface area (Å²) in [7, 11) is 0. The molecule has 1 fully saturated rings. The van der Waals surface area contributed by atoms with Crippen LogP contribution in [0.3, 0.4) is 0 Å². The average Bonchev–Trinajstić information content (AvgIpc) is 3.34. The molecule has 5 nitrogen and oxygen atoms in total. The Kier molecular flexibility index (Phi) is 5.45. The highest BCUT2D eigenvalue weighted by Gasteiger charge is 2.44. The lowest BCUT2D eigenvalue weighted by Gasteiger charge is -2.29. The minimum Gasteiger partial charge on any atom is -0.376 e. The minimum absolute atomic E-state index is 0.0942. The molecular formula is C21H21F2N3O2. The molecule has 3 aromatic rings. The van der Waals surface area contributed by atoms with Gasteiger partial charge in [0.2, 0.25) is 0 Å². The van der Waals surface area contributed by atoms with Crippen LogP contribution in [0.5, 0.6) is 0 Å². The summed E-state index contributed by atoms with van der Waals surface area (Å²) < 4.78 is 41.6. The predicted octanol–water partition coefficient (Wildman–Crippen LogP) is 3.71. The van der Waals surface area contributed by atoms with Crippen LogP contribution in [0.25, 0.3) is 0 Å². The van der Waals surface area contributed by atoms with Crippen molar-refractivity contribution in [1.29, 1.82) is 0 Å². The largest absolute Gasteiger partial charge is 0.376 e. The molecule has 0 amide bonds. The SMILES string of the molecule is Fc1ccc(C2(Cn3cncn3)CC(COCc3ccccc3)CO2)c(F)c1. The van der Waals surface area contributed by atoms with Gasteiger partial charge in [0.25, 0.3) is 0 Å². The molecule has 1 aliphatic heterocycles. The van der Waals surface area contributed by atoms with Gasteiger partial charge in [-0.1, -0.05) is 36.4 Å². The molecule has 4 rings (SSSR count). The fraction of sp³-hybridized carbons (Fsp3) is 0.333. The summed E-state index contributed by atoms with van der Waals surface area (Å²) in [5, 5.41) is 4.12. The van der Waals surface area contributed by atoms with Gasteiger partial charge in [-0.3, -0.25) is 0 Å². The van der Waals surface area contributed by atoms with E-state index in [4.69, 9.17) is 9.47 Å². The van der Waals surface area contributed by atoms with E-state index < -0.39 is 17.2 Å². The number of benzene rings is 2. The van der Waals surface area contributed by atoms with Gasteiger partial charge in [0, 0.05) is 17.5 Å². The van der Waals surface area contributed by atoms with Crippen LogP contribution in [-0.2, 0) is 28.2 Å². The van der Waals surface area contributed by atoms with Crippen LogP contribution in [0, 0.1) is 17.6 Å². The third-order valence-corrected chi connectivity index (χ3v) is 4.98. The second-order valence-electron chi connectivity index (χ2n) is 7.09. The van der Waals surface area contributed by atoms with Gasteiger partial charge in [-0.25, -0.2) is 18.4 Å². The maximum atomic E-state index is 14.6. The van der Waals surface area contributed by atoms with Gasteiger partial charge in [-0.15, -0.1) is 0 Å². The molecule has 1 aromatic heterocycles. The first-order valence-corrected chi connectivity index (χ1v) is 9.18. The molecule has 0 radical (unpaired) electrons. The smallest absolute Gasteiger partial charge is 0.137 e. The Bertz CT molecular complexity index is 905. The number of hydrogen-bond acceptors (Lipinski definition) is 4. The zero-order chi connectivity index (χ0) is 19.4. The molecule has 1 saturated heterocycles. The van der Waals surface area contributed by atoms with Crippen LogP contribution in [0.15, 0.2) is 61.2 Å². The first-order chi connectivity index (χ1) is 13.6. The van der Waals surface area contributed by atoms with E-state index in [9.17, 15) is 8.78 Å². The third-order valence-electron chi connectivity index (χ3n) is 4.98. The summed E-state index contributed by atoms with van der Waals surface area (Å²) >= 11 is 0. The minimum atomic E-state index is -0.938. The van der Waals surface area contributed by atoms with Crippen molar-refractivity contribution in [3.05, 3.63) is 83.9 Å². The highest BCUT2D eigenvalue weighted by molar-refractivity contribution is 5.26. The van der Waals surface area contributed by atoms with Crippen molar-refractivity contribution in [2.75, 3.05) is 13.2 Å². The monoisotopic (exact) mass is 385 g/mol. The van der Waals surface area contributed by atoms with Crippen molar-refractivity contribution in [1.82, 2.24) is 14.8 Å². The van der Waals surface area contributed by atoms with Crippen molar-refractivity contribution in [3.8, 4) is 0 Å². The molecule has 2 atom stereocenters. The molecule has 7 heteroatoms. The van der Waals surface area contributed by atoms with Gasteiger partial charge in [0.1, 0.15) is 29.9 Å². The Morgan fingerprint density at radius 1 is 1.18 bits per heavy atom. The lowest BCUT2D eigenvalue weighted by Crippen LogP contribution is -2.32. The molecule has 0 bridgehead atoms. The lowest BCUT2D eigenvalue weighted by atomic mass is 9.87. The quantitative estimate of drug-likeness (QED) is 0.622. The standard InChI is InChI=1S/C21H21F2N3O2/c22-18-6-7-19(20(23)8-18)21(13-26-15-24-14-25-26)9-17(12-28-21)11-27-10-16-4-2-1-3-5-16/h1-8,14-15,17H,9-13H2. The number of hydrogen-bond donors (Lipinski definition) is 0. The van der Waals surface area contributed by atoms with Gasteiger partial charge in [0.15, 0.2) is 0 Å². The van der Waals surface area contributed by atoms with Crippen LogP contribution in [0.1, 0.15) is 17.5 Å². The Morgan fingerprint density at radius 3 is 2.79 bits per heavy atom. The molecule has 0 spiro atoms. The zero-order valence-electron chi connectivity index (χ0n) is 15.3. The van der Waals surface area contributed by atoms with Gasteiger partial charge in [-0.2, -0.15) is 5.10 Å². The van der Waals surface area contributed by atoms with Crippen molar-refractivity contribution in [2.45, 2.75) is 25.2 Å². The van der Waals surface area contributed by atoms with Crippen LogP contribution < -0.4 is 0 Å². The van der Waals surface area contributed by atoms with E-state index in [0.717, 1.165) is 11.6 Å². The van der Waals surface area contributed by atoms with Crippen LogP contribution in [0.2, 0.25) is 0 Å². The van der Waals surface area contributed by atoms with Crippen molar-refractivity contribution in [2.24, 2.45) is 5.92 Å². The fourth-order valence-electron chi connectivity index (χ4n) is 3.70. The summed E-state index contributed by atoms with van der Waals surface area (Å²) in [6, 6.07) is 13.5. The molecule has 28 heavy (non-hydrogen) atoms. The van der Waals surface area contributed by atoms with Gasteiger partial charge >= 0.3 is 0 Å². The number of ether oxygens (including phenoxy) is 2. The van der Waals surface area contributed by atoms with Crippen molar-refractivity contribution in [3.63, 3.8) is 0 Å². The topological polar surface area (TPSA) is 49.2 Å². The van der Waals surface area contributed by atoms with Crippen LogP contribution in [-0.4, -0.2) is 28.0 Å². The molecule has 0 aliphatic carbocycles. The van der Waals surface area contributed by atoms with E-state index >= 15 is 0 Å². The molecule has 0 N–H and O–H groups in total. The summed E-state index contributed by atoms with van der Waals surface area (Å²) in [6.07, 6.45) is 3.53. The maximum absolute atomic E-state index is 14.6. The number of aromatic nitrogens is 3. The molecule has 0 saturated carbocycles. The lowest BCUT2D eigenvalue weighted by molar-refractivity contribution is -0.0212. The Labute approximate surface area is 161 Å². The van der Waals surface area contributed by atoms with Crippen LogP contribution in [0.4, 0.5) is 8.78 Å². The Morgan fingerprint density at radius 2 is 2.04 bits per heavy atom. The van der Waals surface area contributed by atoms with E-state index in [0.29, 0.717) is 38.3 Å². The van der Waals surface area contributed by atoms with Gasteiger partial charge in [-0.05, 0) is 18.1 Å². The summed E-state index contributed by atoms with van der Waals surface area (Å²) in [6.45, 7) is 1.74. The number of nitrogens with zero attached hydrogens (tertiary/aromatic N) is 3. The van der Waals surface area contributed by atoms with E-state index in [1.807, 2.05) is 30.3 Å². The normalized spacial score (nSPS) is 21.9. The van der Waals surface area contributed by atoms with Crippen molar-refractivity contribution < 1.29 is 18.3 Å². The van der Waals surface area contributed by atoms with E-state index in [2.05, 4.69) is 10.1 Å². The van der Waals surface area contributed by atoms with Crippen LogP contribution >= 0.6 is 0 Å². The molecule has 2 aromatic carbocycles. The molecule has 146 valence electrons.